The first-order valence-electron chi connectivity index (χ1n) is 8.33. The average Bonchev–Trinajstić information content (AvgIpc) is 3.14. The van der Waals surface area contributed by atoms with Crippen LogP contribution >= 0.6 is 22.9 Å². The maximum atomic E-state index is 12.0. The Morgan fingerprint density at radius 2 is 1.88 bits per heavy atom. The summed E-state index contributed by atoms with van der Waals surface area (Å²) in [6, 6.07) is 15.3. The maximum Gasteiger partial charge on any atom is 0.258 e. The molecule has 6 heteroatoms. The van der Waals surface area contributed by atoms with Gasteiger partial charge in [-0.1, -0.05) is 42.8 Å². The zero-order valence-corrected chi connectivity index (χ0v) is 15.9. The second-order valence-electron chi connectivity index (χ2n) is 5.70. The summed E-state index contributed by atoms with van der Waals surface area (Å²) in [4.78, 5) is 16.5. The lowest BCUT2D eigenvalue weighted by Crippen LogP contribution is -2.28. The number of thiazole rings is 1. The topological polar surface area (TPSA) is 51.2 Å². The highest BCUT2D eigenvalue weighted by Crippen LogP contribution is 2.23. The van der Waals surface area contributed by atoms with E-state index in [0.717, 1.165) is 22.7 Å². The third-order valence-corrected chi connectivity index (χ3v) is 4.93. The molecule has 0 aliphatic heterocycles. The van der Waals surface area contributed by atoms with Crippen molar-refractivity contribution in [2.24, 2.45) is 0 Å². The van der Waals surface area contributed by atoms with Crippen LogP contribution in [0.1, 0.15) is 17.5 Å². The van der Waals surface area contributed by atoms with E-state index < -0.39 is 0 Å². The van der Waals surface area contributed by atoms with E-state index in [1.807, 2.05) is 53.9 Å². The molecule has 3 aromatic rings. The Hall–Kier alpha value is -2.37. The number of halogens is 1. The highest BCUT2D eigenvalue weighted by Gasteiger charge is 2.07. The van der Waals surface area contributed by atoms with Gasteiger partial charge in [0.1, 0.15) is 10.8 Å². The van der Waals surface area contributed by atoms with E-state index in [0.29, 0.717) is 17.3 Å². The molecule has 0 radical (unpaired) electrons. The molecule has 1 aromatic heterocycles. The number of carbonyl (C=O) groups is 1. The first-order valence-corrected chi connectivity index (χ1v) is 9.58. The van der Waals surface area contributed by atoms with Crippen LogP contribution in [0.25, 0.3) is 11.3 Å². The minimum Gasteiger partial charge on any atom is -0.484 e. The van der Waals surface area contributed by atoms with E-state index >= 15 is 0 Å². The molecule has 1 heterocycles. The number of rotatable bonds is 7. The second kappa shape index (κ2) is 8.83. The average molecular weight is 387 g/mol. The summed E-state index contributed by atoms with van der Waals surface area (Å²) >= 11 is 7.41. The van der Waals surface area contributed by atoms with E-state index in [-0.39, 0.29) is 12.5 Å². The van der Waals surface area contributed by atoms with Gasteiger partial charge >= 0.3 is 0 Å². The van der Waals surface area contributed by atoms with Crippen molar-refractivity contribution in [3.05, 3.63) is 69.5 Å². The minimum atomic E-state index is -0.173. The Morgan fingerprint density at radius 3 is 2.58 bits per heavy atom. The van der Waals surface area contributed by atoms with Gasteiger partial charge in [-0.2, -0.15) is 0 Å². The molecule has 0 atom stereocenters. The Balaban J connectivity index is 1.47. The fourth-order valence-corrected chi connectivity index (χ4v) is 3.21. The van der Waals surface area contributed by atoms with Gasteiger partial charge < -0.3 is 10.1 Å². The standard InChI is InChI=1S/C20H19ClN2O2S/c1-2-14-3-9-17(10-4-14)25-12-19(24)22-11-20-23-18(13-26-20)15-5-7-16(21)8-6-15/h3-10,13H,2,11-12H2,1H3,(H,22,24). The van der Waals surface area contributed by atoms with Crippen LogP contribution in [-0.4, -0.2) is 17.5 Å². The van der Waals surface area contributed by atoms with Gasteiger partial charge in [-0.05, 0) is 36.2 Å². The molecular formula is C20H19ClN2O2S. The van der Waals surface area contributed by atoms with E-state index in [1.165, 1.54) is 16.9 Å². The predicted octanol–water partition coefficient (Wildman–Crippen LogP) is 4.72. The fraction of sp³-hybridized carbons (Fsp3) is 0.200. The Labute approximate surface area is 161 Å². The van der Waals surface area contributed by atoms with Gasteiger partial charge in [-0.3, -0.25) is 4.79 Å². The van der Waals surface area contributed by atoms with Crippen molar-refractivity contribution >= 4 is 28.8 Å². The highest BCUT2D eigenvalue weighted by atomic mass is 35.5. The smallest absolute Gasteiger partial charge is 0.258 e. The summed E-state index contributed by atoms with van der Waals surface area (Å²) in [6.07, 6.45) is 0.979. The zero-order valence-electron chi connectivity index (χ0n) is 14.4. The van der Waals surface area contributed by atoms with Gasteiger partial charge in [0.05, 0.1) is 12.2 Å². The van der Waals surface area contributed by atoms with Crippen molar-refractivity contribution in [2.45, 2.75) is 19.9 Å². The first kappa shape index (κ1) is 18.4. The Kier molecular flexibility index (Phi) is 6.26. The molecule has 0 bridgehead atoms. The maximum absolute atomic E-state index is 12.0. The largest absolute Gasteiger partial charge is 0.484 e. The third-order valence-electron chi connectivity index (χ3n) is 3.83. The van der Waals surface area contributed by atoms with Crippen molar-refractivity contribution < 1.29 is 9.53 Å². The molecule has 0 unspecified atom stereocenters. The number of carbonyl (C=O) groups excluding carboxylic acids is 1. The molecule has 1 amide bonds. The Morgan fingerprint density at radius 1 is 1.15 bits per heavy atom. The summed E-state index contributed by atoms with van der Waals surface area (Å²) in [5.74, 6) is 0.518. The van der Waals surface area contributed by atoms with Gasteiger partial charge in [-0.25, -0.2) is 4.98 Å². The molecule has 3 rings (SSSR count). The van der Waals surface area contributed by atoms with Crippen LogP contribution < -0.4 is 10.1 Å². The van der Waals surface area contributed by atoms with Crippen LogP contribution in [-0.2, 0) is 17.8 Å². The van der Waals surface area contributed by atoms with Crippen LogP contribution in [0, 0.1) is 0 Å². The predicted molar refractivity (Wildman–Crippen MR) is 106 cm³/mol. The number of aromatic nitrogens is 1. The molecular weight excluding hydrogens is 368 g/mol. The molecule has 0 fully saturated rings. The van der Waals surface area contributed by atoms with Crippen molar-refractivity contribution in [3.8, 4) is 17.0 Å². The van der Waals surface area contributed by atoms with Crippen LogP contribution in [0.4, 0.5) is 0 Å². The number of nitrogens with one attached hydrogen (secondary N) is 1. The fourth-order valence-electron chi connectivity index (χ4n) is 2.34. The molecule has 0 aliphatic carbocycles. The van der Waals surface area contributed by atoms with Crippen LogP contribution in [0.15, 0.2) is 53.9 Å². The monoisotopic (exact) mass is 386 g/mol. The molecule has 2 aromatic carbocycles. The number of amides is 1. The van der Waals surface area contributed by atoms with E-state index in [1.54, 1.807) is 0 Å². The van der Waals surface area contributed by atoms with Crippen LogP contribution in [0.2, 0.25) is 5.02 Å². The van der Waals surface area contributed by atoms with Gasteiger partial charge in [0.2, 0.25) is 0 Å². The van der Waals surface area contributed by atoms with Gasteiger partial charge in [0.25, 0.3) is 5.91 Å². The third kappa shape index (κ3) is 5.07. The van der Waals surface area contributed by atoms with Gasteiger partial charge in [0, 0.05) is 16.0 Å². The molecule has 0 aliphatic rings. The van der Waals surface area contributed by atoms with Gasteiger partial charge in [0.15, 0.2) is 6.61 Å². The number of aryl methyl sites for hydroxylation is 1. The van der Waals surface area contributed by atoms with Crippen LogP contribution in [0.3, 0.4) is 0 Å². The van der Waals surface area contributed by atoms with Crippen LogP contribution in [0.5, 0.6) is 5.75 Å². The highest BCUT2D eigenvalue weighted by molar-refractivity contribution is 7.09. The van der Waals surface area contributed by atoms with Crippen molar-refractivity contribution in [3.63, 3.8) is 0 Å². The van der Waals surface area contributed by atoms with Gasteiger partial charge in [-0.15, -0.1) is 11.3 Å². The molecule has 134 valence electrons. The molecule has 1 N–H and O–H groups in total. The number of hydrogen-bond acceptors (Lipinski definition) is 4. The minimum absolute atomic E-state index is 0.0130. The summed E-state index contributed by atoms with van der Waals surface area (Å²) < 4.78 is 5.50. The quantitative estimate of drug-likeness (QED) is 0.639. The summed E-state index contributed by atoms with van der Waals surface area (Å²) in [6.45, 7) is 2.47. The number of nitrogens with zero attached hydrogens (tertiary/aromatic N) is 1. The number of ether oxygens (including phenoxy) is 1. The molecule has 0 spiro atoms. The van der Waals surface area contributed by atoms with E-state index in [9.17, 15) is 4.79 Å². The lowest BCUT2D eigenvalue weighted by Gasteiger charge is -2.07. The lowest BCUT2D eigenvalue weighted by molar-refractivity contribution is -0.123. The summed E-state index contributed by atoms with van der Waals surface area (Å²) in [7, 11) is 0. The number of benzene rings is 2. The summed E-state index contributed by atoms with van der Waals surface area (Å²) in [5, 5.41) is 6.34. The normalized spacial score (nSPS) is 10.5. The zero-order chi connectivity index (χ0) is 18.4. The van der Waals surface area contributed by atoms with Crippen molar-refractivity contribution in [1.82, 2.24) is 10.3 Å². The lowest BCUT2D eigenvalue weighted by atomic mass is 10.2. The second-order valence-corrected chi connectivity index (χ2v) is 7.08. The molecule has 0 saturated heterocycles. The molecule has 26 heavy (non-hydrogen) atoms. The van der Waals surface area contributed by atoms with E-state index in [2.05, 4.69) is 17.2 Å². The SMILES string of the molecule is CCc1ccc(OCC(=O)NCc2nc(-c3ccc(Cl)cc3)cs2)cc1. The Bertz CT molecular complexity index is 860. The molecule has 0 saturated carbocycles. The summed E-state index contributed by atoms with van der Waals surface area (Å²) in [5.41, 5.74) is 3.12. The van der Waals surface area contributed by atoms with Crippen molar-refractivity contribution in [2.75, 3.05) is 6.61 Å². The van der Waals surface area contributed by atoms with E-state index in [4.69, 9.17) is 16.3 Å². The number of hydrogen-bond donors (Lipinski definition) is 1. The first-order chi connectivity index (χ1) is 12.6. The molecule has 4 nitrogen and oxygen atoms in total. The van der Waals surface area contributed by atoms with Crippen molar-refractivity contribution in [1.29, 1.82) is 0 Å².